The van der Waals surface area contributed by atoms with Crippen molar-refractivity contribution in [3.63, 3.8) is 0 Å². The van der Waals surface area contributed by atoms with Gasteiger partial charge in [0.25, 0.3) is 5.91 Å². The first-order valence-electron chi connectivity index (χ1n) is 6.01. The minimum absolute atomic E-state index is 0.107. The molecule has 0 fully saturated rings. The van der Waals surface area contributed by atoms with Crippen LogP contribution in [-0.2, 0) is 4.79 Å². The molecule has 2 aromatic rings. The molecular formula is C16H12FNO. The van der Waals surface area contributed by atoms with Gasteiger partial charge in [0.1, 0.15) is 5.82 Å². The van der Waals surface area contributed by atoms with Crippen molar-refractivity contribution < 1.29 is 9.18 Å². The number of nitrogens with zero attached hydrogens (tertiary/aromatic N) is 1. The Labute approximate surface area is 110 Å². The monoisotopic (exact) mass is 253 g/mol. The van der Waals surface area contributed by atoms with E-state index in [1.807, 2.05) is 30.3 Å². The van der Waals surface area contributed by atoms with E-state index in [1.54, 1.807) is 24.1 Å². The Hall–Kier alpha value is -2.42. The molecule has 0 spiro atoms. The summed E-state index contributed by atoms with van der Waals surface area (Å²) >= 11 is 0. The fraction of sp³-hybridized carbons (Fsp3) is 0.0625. The molecule has 94 valence electrons. The number of hydrogen-bond acceptors (Lipinski definition) is 1. The number of carbonyl (C=O) groups is 1. The molecule has 0 atom stereocenters. The summed E-state index contributed by atoms with van der Waals surface area (Å²) in [5, 5.41) is 0. The Balaban J connectivity index is 2.16. The summed E-state index contributed by atoms with van der Waals surface area (Å²) in [6, 6.07) is 14.0. The van der Waals surface area contributed by atoms with E-state index in [-0.39, 0.29) is 11.7 Å². The number of benzene rings is 2. The fourth-order valence-corrected chi connectivity index (χ4v) is 2.28. The second kappa shape index (κ2) is 4.35. The van der Waals surface area contributed by atoms with Gasteiger partial charge in [0.2, 0.25) is 0 Å². The van der Waals surface area contributed by atoms with Gasteiger partial charge in [0.05, 0.1) is 5.69 Å². The minimum atomic E-state index is -0.333. The van der Waals surface area contributed by atoms with Crippen molar-refractivity contribution in [1.82, 2.24) is 0 Å². The van der Waals surface area contributed by atoms with Crippen LogP contribution in [-0.4, -0.2) is 13.0 Å². The maximum atomic E-state index is 13.4. The number of carbonyl (C=O) groups excluding carboxylic acids is 1. The number of fused-ring (bicyclic) bond motifs is 1. The van der Waals surface area contributed by atoms with E-state index in [0.717, 1.165) is 11.3 Å². The van der Waals surface area contributed by atoms with Crippen LogP contribution in [0.2, 0.25) is 0 Å². The summed E-state index contributed by atoms with van der Waals surface area (Å²) in [7, 11) is 1.70. The van der Waals surface area contributed by atoms with Gasteiger partial charge in [0, 0.05) is 18.2 Å². The highest BCUT2D eigenvalue weighted by molar-refractivity contribution is 6.35. The number of halogens is 1. The van der Waals surface area contributed by atoms with Crippen molar-refractivity contribution in [2.24, 2.45) is 0 Å². The molecule has 0 aromatic heterocycles. The topological polar surface area (TPSA) is 20.3 Å². The third-order valence-electron chi connectivity index (χ3n) is 3.26. The number of amides is 1. The molecule has 1 aliphatic heterocycles. The van der Waals surface area contributed by atoms with E-state index < -0.39 is 0 Å². The quantitative estimate of drug-likeness (QED) is 0.714. The zero-order valence-corrected chi connectivity index (χ0v) is 10.4. The van der Waals surface area contributed by atoms with Crippen molar-refractivity contribution >= 4 is 23.2 Å². The highest BCUT2D eigenvalue weighted by Crippen LogP contribution is 2.37. The third kappa shape index (κ3) is 1.93. The van der Waals surface area contributed by atoms with Gasteiger partial charge >= 0.3 is 0 Å². The number of rotatable bonds is 1. The zero-order valence-electron chi connectivity index (χ0n) is 10.4. The molecular weight excluding hydrogens is 241 g/mol. The largest absolute Gasteiger partial charge is 0.311 e. The molecule has 0 N–H and O–H groups in total. The Bertz CT molecular complexity index is 676. The zero-order chi connectivity index (χ0) is 13.4. The smallest absolute Gasteiger partial charge is 0.258 e. The summed E-state index contributed by atoms with van der Waals surface area (Å²) in [4.78, 5) is 13.8. The molecule has 1 aliphatic rings. The summed E-state index contributed by atoms with van der Waals surface area (Å²) in [6.45, 7) is 0. The lowest BCUT2D eigenvalue weighted by Crippen LogP contribution is -2.20. The molecule has 2 nitrogen and oxygen atoms in total. The van der Waals surface area contributed by atoms with Gasteiger partial charge in [-0.15, -0.1) is 0 Å². The Morgan fingerprint density at radius 1 is 1.11 bits per heavy atom. The van der Waals surface area contributed by atoms with E-state index in [0.29, 0.717) is 11.1 Å². The molecule has 0 saturated heterocycles. The summed E-state index contributed by atoms with van der Waals surface area (Å²) in [5.41, 5.74) is 2.85. The Kier molecular flexibility index (Phi) is 2.67. The summed E-state index contributed by atoms with van der Waals surface area (Å²) in [5.74, 6) is -0.440. The van der Waals surface area contributed by atoms with Gasteiger partial charge in [-0.2, -0.15) is 0 Å². The maximum Gasteiger partial charge on any atom is 0.258 e. The fourth-order valence-electron chi connectivity index (χ4n) is 2.28. The standard InChI is InChI=1S/C16H12FNO/c1-18-15-8-7-12(17)10-13(15)14(16(18)19)9-11-5-3-2-4-6-11/h2-10H,1H3/b14-9+. The molecule has 1 amide bonds. The number of hydrogen-bond donors (Lipinski definition) is 0. The molecule has 3 heteroatoms. The van der Waals surface area contributed by atoms with Crippen LogP contribution < -0.4 is 4.90 Å². The molecule has 2 aromatic carbocycles. The van der Waals surface area contributed by atoms with Gasteiger partial charge in [-0.05, 0) is 29.8 Å². The predicted octanol–water partition coefficient (Wildman–Crippen LogP) is 3.34. The van der Waals surface area contributed by atoms with E-state index in [2.05, 4.69) is 0 Å². The lowest BCUT2D eigenvalue weighted by atomic mass is 10.0. The summed E-state index contributed by atoms with van der Waals surface area (Å²) < 4.78 is 13.4. The van der Waals surface area contributed by atoms with E-state index in [9.17, 15) is 9.18 Å². The molecule has 0 aliphatic carbocycles. The SMILES string of the molecule is CN1C(=O)/C(=C/c2ccccc2)c2cc(F)ccc21. The lowest BCUT2D eigenvalue weighted by Gasteiger charge is -2.08. The first-order chi connectivity index (χ1) is 9.16. The van der Waals surface area contributed by atoms with Crippen LogP contribution in [0.25, 0.3) is 11.6 Å². The third-order valence-corrected chi connectivity index (χ3v) is 3.26. The van der Waals surface area contributed by atoms with Gasteiger partial charge < -0.3 is 4.90 Å². The molecule has 1 heterocycles. The average Bonchev–Trinajstić information content (AvgIpc) is 2.65. The van der Waals surface area contributed by atoms with Crippen molar-refractivity contribution in [2.75, 3.05) is 11.9 Å². The first kappa shape index (κ1) is 11.7. The minimum Gasteiger partial charge on any atom is -0.311 e. The molecule has 0 bridgehead atoms. The number of likely N-dealkylation sites (N-methyl/N-ethyl adjacent to an activating group) is 1. The van der Waals surface area contributed by atoms with Gasteiger partial charge in [0.15, 0.2) is 0 Å². The van der Waals surface area contributed by atoms with Crippen molar-refractivity contribution in [2.45, 2.75) is 0 Å². The van der Waals surface area contributed by atoms with Gasteiger partial charge in [-0.25, -0.2) is 4.39 Å². The lowest BCUT2D eigenvalue weighted by molar-refractivity contribution is -0.112. The summed E-state index contributed by atoms with van der Waals surface area (Å²) in [6.07, 6.45) is 1.80. The van der Waals surface area contributed by atoms with Crippen LogP contribution in [0.15, 0.2) is 48.5 Å². The Morgan fingerprint density at radius 2 is 1.84 bits per heavy atom. The first-order valence-corrected chi connectivity index (χ1v) is 6.01. The maximum absolute atomic E-state index is 13.4. The highest BCUT2D eigenvalue weighted by atomic mass is 19.1. The van der Waals surface area contributed by atoms with E-state index >= 15 is 0 Å². The van der Waals surface area contributed by atoms with Crippen LogP contribution in [0.4, 0.5) is 10.1 Å². The van der Waals surface area contributed by atoms with Gasteiger partial charge in [-0.1, -0.05) is 30.3 Å². The number of anilines is 1. The second-order valence-electron chi connectivity index (χ2n) is 4.49. The van der Waals surface area contributed by atoms with Crippen molar-refractivity contribution in [3.05, 3.63) is 65.5 Å². The van der Waals surface area contributed by atoms with Crippen molar-refractivity contribution in [1.29, 1.82) is 0 Å². The molecule has 0 saturated carbocycles. The molecule has 19 heavy (non-hydrogen) atoms. The Morgan fingerprint density at radius 3 is 2.58 bits per heavy atom. The highest BCUT2D eigenvalue weighted by Gasteiger charge is 2.29. The normalized spacial score (nSPS) is 16.0. The second-order valence-corrected chi connectivity index (χ2v) is 4.49. The predicted molar refractivity (Wildman–Crippen MR) is 74.1 cm³/mol. The van der Waals surface area contributed by atoms with E-state index in [1.165, 1.54) is 12.1 Å². The van der Waals surface area contributed by atoms with Crippen LogP contribution in [0.3, 0.4) is 0 Å². The van der Waals surface area contributed by atoms with Crippen LogP contribution >= 0.6 is 0 Å². The molecule has 0 radical (unpaired) electrons. The van der Waals surface area contributed by atoms with Crippen molar-refractivity contribution in [3.8, 4) is 0 Å². The molecule has 3 rings (SSSR count). The van der Waals surface area contributed by atoms with Crippen LogP contribution in [0.5, 0.6) is 0 Å². The van der Waals surface area contributed by atoms with E-state index in [4.69, 9.17) is 0 Å². The van der Waals surface area contributed by atoms with Crippen LogP contribution in [0, 0.1) is 5.82 Å². The van der Waals surface area contributed by atoms with Gasteiger partial charge in [-0.3, -0.25) is 4.79 Å². The average molecular weight is 253 g/mol. The molecule has 0 unspecified atom stereocenters. The van der Waals surface area contributed by atoms with Crippen LogP contribution in [0.1, 0.15) is 11.1 Å².